The van der Waals surface area contributed by atoms with Crippen LogP contribution in [0.5, 0.6) is 0 Å². The van der Waals surface area contributed by atoms with Crippen molar-refractivity contribution in [2.75, 3.05) is 6.54 Å². The Bertz CT molecular complexity index is 764. The summed E-state index contributed by atoms with van der Waals surface area (Å²) in [5.41, 5.74) is -0.390. The van der Waals surface area contributed by atoms with Crippen LogP contribution in [0.15, 0.2) is 17.3 Å². The SMILES string of the molecule is CC(C)n1ccc(S(=O)(=O)NC(=O)C2CNC(=O)CC23CCC3)n1. The molecule has 1 unspecified atom stereocenters. The third-order valence-electron chi connectivity index (χ3n) is 5.04. The van der Waals surface area contributed by atoms with Crippen LogP contribution in [0, 0.1) is 11.3 Å². The number of carbonyl (C=O) groups is 2. The molecule has 2 amide bonds. The average Bonchev–Trinajstić information content (AvgIpc) is 2.95. The Labute approximate surface area is 141 Å². The van der Waals surface area contributed by atoms with Crippen LogP contribution in [0.1, 0.15) is 45.6 Å². The number of carbonyl (C=O) groups excluding carboxylic acids is 2. The van der Waals surface area contributed by atoms with Crippen LogP contribution in [0.3, 0.4) is 0 Å². The predicted octanol–water partition coefficient (Wildman–Crippen LogP) is 0.575. The number of piperidine rings is 1. The van der Waals surface area contributed by atoms with Gasteiger partial charge in [0, 0.05) is 25.2 Å². The van der Waals surface area contributed by atoms with Gasteiger partial charge in [-0.05, 0) is 38.2 Å². The van der Waals surface area contributed by atoms with Crippen LogP contribution in [0.4, 0.5) is 0 Å². The Morgan fingerprint density at radius 1 is 1.46 bits per heavy atom. The molecule has 3 rings (SSSR count). The van der Waals surface area contributed by atoms with Crippen LogP contribution in [0.25, 0.3) is 0 Å². The van der Waals surface area contributed by atoms with Gasteiger partial charge in [0.1, 0.15) is 0 Å². The lowest BCUT2D eigenvalue weighted by Gasteiger charge is -2.49. The first kappa shape index (κ1) is 16.9. The zero-order chi connectivity index (χ0) is 17.5. The minimum absolute atomic E-state index is 0.0245. The van der Waals surface area contributed by atoms with Crippen molar-refractivity contribution < 1.29 is 18.0 Å². The molecule has 1 saturated carbocycles. The van der Waals surface area contributed by atoms with Crippen molar-refractivity contribution in [3.8, 4) is 0 Å². The number of amides is 2. The topological polar surface area (TPSA) is 110 Å². The molecular weight excluding hydrogens is 332 g/mol. The molecule has 1 aromatic heterocycles. The fourth-order valence-corrected chi connectivity index (χ4v) is 4.43. The summed E-state index contributed by atoms with van der Waals surface area (Å²) >= 11 is 0. The third-order valence-corrected chi connectivity index (χ3v) is 6.28. The Morgan fingerprint density at radius 2 is 2.17 bits per heavy atom. The molecule has 9 heteroatoms. The zero-order valence-corrected chi connectivity index (χ0v) is 14.6. The quantitative estimate of drug-likeness (QED) is 0.822. The second-order valence-corrected chi connectivity index (χ2v) is 8.58. The smallest absolute Gasteiger partial charge is 0.283 e. The van der Waals surface area contributed by atoms with Crippen LogP contribution in [-0.4, -0.2) is 36.6 Å². The van der Waals surface area contributed by atoms with Crippen LogP contribution >= 0.6 is 0 Å². The zero-order valence-electron chi connectivity index (χ0n) is 13.8. The molecule has 132 valence electrons. The molecular formula is C15H22N4O4S. The largest absolute Gasteiger partial charge is 0.355 e. The molecule has 1 atom stereocenters. The lowest BCUT2D eigenvalue weighted by molar-refractivity contribution is -0.140. The van der Waals surface area contributed by atoms with E-state index in [-0.39, 0.29) is 35.4 Å². The van der Waals surface area contributed by atoms with Crippen molar-refractivity contribution in [1.29, 1.82) is 0 Å². The number of hydrogen-bond donors (Lipinski definition) is 2. The molecule has 1 aromatic rings. The Morgan fingerprint density at radius 3 is 2.71 bits per heavy atom. The highest BCUT2D eigenvalue weighted by Crippen LogP contribution is 2.51. The van der Waals surface area contributed by atoms with E-state index in [0.29, 0.717) is 0 Å². The summed E-state index contributed by atoms with van der Waals surface area (Å²) in [6, 6.07) is 1.40. The molecule has 2 heterocycles. The second-order valence-electron chi connectivity index (χ2n) is 6.95. The van der Waals surface area contributed by atoms with Gasteiger partial charge in [0.15, 0.2) is 5.03 Å². The van der Waals surface area contributed by atoms with Gasteiger partial charge >= 0.3 is 0 Å². The molecule has 0 radical (unpaired) electrons. The molecule has 24 heavy (non-hydrogen) atoms. The summed E-state index contributed by atoms with van der Waals surface area (Å²) in [6.07, 6.45) is 4.37. The lowest BCUT2D eigenvalue weighted by Crippen LogP contribution is -2.57. The maximum Gasteiger partial charge on any atom is 0.283 e. The highest BCUT2D eigenvalue weighted by Gasteiger charge is 2.51. The van der Waals surface area contributed by atoms with Gasteiger partial charge in [-0.2, -0.15) is 13.5 Å². The van der Waals surface area contributed by atoms with Crippen molar-refractivity contribution in [2.24, 2.45) is 11.3 Å². The van der Waals surface area contributed by atoms with Crippen LogP contribution in [0.2, 0.25) is 0 Å². The van der Waals surface area contributed by atoms with Gasteiger partial charge in [-0.15, -0.1) is 0 Å². The van der Waals surface area contributed by atoms with E-state index in [1.807, 2.05) is 13.8 Å². The van der Waals surface area contributed by atoms with Crippen molar-refractivity contribution in [3.05, 3.63) is 12.3 Å². The molecule has 1 spiro atoms. The number of aromatic nitrogens is 2. The first-order valence-corrected chi connectivity index (χ1v) is 9.60. The molecule has 2 aliphatic rings. The summed E-state index contributed by atoms with van der Waals surface area (Å²) in [4.78, 5) is 24.2. The van der Waals surface area contributed by atoms with Gasteiger partial charge in [0.05, 0.1) is 5.92 Å². The standard InChI is InChI=1S/C15H22N4O4S/c1-10(2)19-7-4-13(17-19)24(22,23)18-14(21)11-9-16-12(20)8-15(11)5-3-6-15/h4,7,10-11H,3,5-6,8-9H2,1-2H3,(H,16,20)(H,18,21). The molecule has 0 bridgehead atoms. The second kappa shape index (κ2) is 5.87. The molecule has 2 N–H and O–H groups in total. The normalized spacial score (nSPS) is 23.0. The van der Waals surface area contributed by atoms with E-state index in [0.717, 1.165) is 19.3 Å². The van der Waals surface area contributed by atoms with Gasteiger partial charge in [-0.25, -0.2) is 4.72 Å². The third kappa shape index (κ3) is 2.92. The summed E-state index contributed by atoms with van der Waals surface area (Å²) in [5, 5.41) is 6.50. The van der Waals surface area contributed by atoms with Gasteiger partial charge in [-0.3, -0.25) is 14.3 Å². The Balaban J connectivity index is 1.76. The highest BCUT2D eigenvalue weighted by molar-refractivity contribution is 7.90. The number of hydrogen-bond acceptors (Lipinski definition) is 5. The number of nitrogens with zero attached hydrogens (tertiary/aromatic N) is 2. The predicted molar refractivity (Wildman–Crippen MR) is 85.3 cm³/mol. The molecule has 8 nitrogen and oxygen atoms in total. The van der Waals surface area contributed by atoms with Crippen molar-refractivity contribution >= 4 is 21.8 Å². The van der Waals surface area contributed by atoms with Gasteiger partial charge in [0.2, 0.25) is 11.8 Å². The Hall–Kier alpha value is -1.90. The van der Waals surface area contributed by atoms with E-state index < -0.39 is 21.8 Å². The van der Waals surface area contributed by atoms with Crippen molar-refractivity contribution in [3.63, 3.8) is 0 Å². The molecule has 1 aliphatic carbocycles. The minimum atomic E-state index is -4.01. The summed E-state index contributed by atoms with van der Waals surface area (Å²) in [7, 11) is -4.01. The van der Waals surface area contributed by atoms with Crippen LogP contribution < -0.4 is 10.0 Å². The number of rotatable bonds is 4. The molecule has 1 aliphatic heterocycles. The number of nitrogens with one attached hydrogen (secondary N) is 2. The molecule has 1 saturated heterocycles. The van der Waals surface area contributed by atoms with E-state index >= 15 is 0 Å². The number of sulfonamides is 1. The summed E-state index contributed by atoms with van der Waals surface area (Å²) in [6.45, 7) is 3.95. The first-order valence-electron chi connectivity index (χ1n) is 8.12. The lowest BCUT2D eigenvalue weighted by atomic mass is 9.57. The average molecular weight is 354 g/mol. The molecule has 2 fully saturated rings. The fraction of sp³-hybridized carbons (Fsp3) is 0.667. The van der Waals surface area contributed by atoms with E-state index in [2.05, 4.69) is 15.1 Å². The van der Waals surface area contributed by atoms with Crippen molar-refractivity contribution in [1.82, 2.24) is 19.8 Å². The maximum atomic E-state index is 12.6. The van der Waals surface area contributed by atoms with Gasteiger partial charge < -0.3 is 5.32 Å². The van der Waals surface area contributed by atoms with Gasteiger partial charge in [-0.1, -0.05) is 6.42 Å². The van der Waals surface area contributed by atoms with Gasteiger partial charge in [0.25, 0.3) is 10.0 Å². The Kier molecular flexibility index (Phi) is 4.15. The summed E-state index contributed by atoms with van der Waals surface area (Å²) in [5.74, 6) is -1.16. The highest BCUT2D eigenvalue weighted by atomic mass is 32.2. The first-order chi connectivity index (χ1) is 11.2. The van der Waals surface area contributed by atoms with E-state index in [4.69, 9.17) is 0 Å². The summed E-state index contributed by atoms with van der Waals surface area (Å²) < 4.78 is 28.5. The minimum Gasteiger partial charge on any atom is -0.355 e. The monoisotopic (exact) mass is 354 g/mol. The van der Waals surface area contributed by atoms with Crippen molar-refractivity contribution in [2.45, 2.75) is 50.6 Å². The maximum absolute atomic E-state index is 12.6. The van der Waals surface area contributed by atoms with E-state index in [9.17, 15) is 18.0 Å². The van der Waals surface area contributed by atoms with Crippen LogP contribution in [-0.2, 0) is 19.6 Å². The van der Waals surface area contributed by atoms with E-state index in [1.165, 1.54) is 10.7 Å². The van der Waals surface area contributed by atoms with E-state index in [1.54, 1.807) is 6.20 Å². The fourth-order valence-electron chi connectivity index (χ4n) is 3.47. The molecule has 0 aromatic carbocycles.